The predicted molar refractivity (Wildman–Crippen MR) is 58.3 cm³/mol. The Bertz CT molecular complexity index is 279. The van der Waals surface area contributed by atoms with E-state index in [-0.39, 0.29) is 11.8 Å². The lowest BCUT2D eigenvalue weighted by Crippen LogP contribution is -2.35. The zero-order valence-electron chi connectivity index (χ0n) is 9.03. The topological polar surface area (TPSA) is 68.3 Å². The molecule has 0 bridgehead atoms. The lowest BCUT2D eigenvalue weighted by atomic mass is 10.1. The number of nitrogens with two attached hydrogens (primary N) is 1. The highest BCUT2D eigenvalue weighted by Gasteiger charge is 2.13. The number of carbonyl (C=O) groups is 1. The van der Waals surface area contributed by atoms with E-state index < -0.39 is 0 Å². The molecule has 1 atom stereocenters. The fraction of sp³-hybridized carbons (Fsp3) is 0.545. The van der Waals surface area contributed by atoms with Crippen molar-refractivity contribution in [1.29, 1.82) is 0 Å². The molecule has 1 aromatic rings. The van der Waals surface area contributed by atoms with Crippen LogP contribution < -0.4 is 11.1 Å². The molecule has 0 radical (unpaired) electrons. The van der Waals surface area contributed by atoms with Crippen LogP contribution in [0.4, 0.5) is 0 Å². The van der Waals surface area contributed by atoms with Crippen molar-refractivity contribution in [3.63, 3.8) is 0 Å². The molecule has 1 aromatic heterocycles. The van der Waals surface area contributed by atoms with Crippen LogP contribution in [0, 0.1) is 5.92 Å². The molecule has 3 N–H and O–H groups in total. The molecule has 1 rings (SSSR count). The van der Waals surface area contributed by atoms with Gasteiger partial charge in [0.25, 0.3) is 0 Å². The van der Waals surface area contributed by atoms with Gasteiger partial charge in [0, 0.05) is 25.4 Å². The van der Waals surface area contributed by atoms with Crippen molar-refractivity contribution in [2.75, 3.05) is 13.1 Å². The quantitative estimate of drug-likeness (QED) is 0.733. The van der Waals surface area contributed by atoms with Crippen LogP contribution in [0.3, 0.4) is 0 Å². The maximum absolute atomic E-state index is 11.5. The number of furan rings is 1. The van der Waals surface area contributed by atoms with Gasteiger partial charge in [-0.25, -0.2) is 0 Å². The summed E-state index contributed by atoms with van der Waals surface area (Å²) in [6.45, 7) is 2.97. The lowest BCUT2D eigenvalue weighted by molar-refractivity contribution is -0.124. The highest BCUT2D eigenvalue weighted by atomic mass is 16.3. The van der Waals surface area contributed by atoms with Crippen LogP contribution in [0.2, 0.25) is 0 Å². The third-order valence-corrected chi connectivity index (χ3v) is 2.40. The molecule has 1 amide bonds. The molecule has 4 nitrogen and oxygen atoms in total. The van der Waals surface area contributed by atoms with Gasteiger partial charge < -0.3 is 15.5 Å². The van der Waals surface area contributed by atoms with E-state index in [2.05, 4.69) is 5.32 Å². The second kappa shape index (κ2) is 6.24. The molecular formula is C11H18N2O2. The largest absolute Gasteiger partial charge is 0.469 e. The summed E-state index contributed by atoms with van der Waals surface area (Å²) in [6.07, 6.45) is 3.13. The molecule has 1 unspecified atom stereocenters. The molecule has 4 heteroatoms. The van der Waals surface area contributed by atoms with Crippen LogP contribution in [0.15, 0.2) is 22.8 Å². The first-order valence-corrected chi connectivity index (χ1v) is 5.28. The third kappa shape index (κ3) is 3.75. The van der Waals surface area contributed by atoms with E-state index in [0.29, 0.717) is 13.1 Å². The van der Waals surface area contributed by atoms with E-state index in [0.717, 1.165) is 18.6 Å². The van der Waals surface area contributed by atoms with Crippen molar-refractivity contribution in [2.24, 2.45) is 11.7 Å². The molecule has 0 aliphatic heterocycles. The van der Waals surface area contributed by atoms with Gasteiger partial charge in [-0.1, -0.05) is 6.92 Å². The molecule has 0 saturated heterocycles. The lowest BCUT2D eigenvalue weighted by Gasteiger charge is -2.11. The Hall–Kier alpha value is -1.29. The first-order valence-electron chi connectivity index (χ1n) is 5.28. The predicted octanol–water partition coefficient (Wildman–Crippen LogP) is 0.923. The molecule has 0 fully saturated rings. The second-order valence-electron chi connectivity index (χ2n) is 3.46. The minimum absolute atomic E-state index is 0.0338. The van der Waals surface area contributed by atoms with Crippen LogP contribution in [-0.4, -0.2) is 19.0 Å². The van der Waals surface area contributed by atoms with Crippen molar-refractivity contribution >= 4 is 5.91 Å². The van der Waals surface area contributed by atoms with E-state index in [9.17, 15) is 4.79 Å². The van der Waals surface area contributed by atoms with Gasteiger partial charge in [-0.15, -0.1) is 0 Å². The summed E-state index contributed by atoms with van der Waals surface area (Å²) in [5.41, 5.74) is 5.47. The van der Waals surface area contributed by atoms with E-state index in [1.807, 2.05) is 19.1 Å². The van der Waals surface area contributed by atoms with Crippen molar-refractivity contribution in [1.82, 2.24) is 5.32 Å². The van der Waals surface area contributed by atoms with Crippen molar-refractivity contribution < 1.29 is 9.21 Å². The van der Waals surface area contributed by atoms with Crippen LogP contribution >= 0.6 is 0 Å². The number of rotatable bonds is 6. The summed E-state index contributed by atoms with van der Waals surface area (Å²) >= 11 is 0. The average Bonchev–Trinajstić information content (AvgIpc) is 2.72. The summed E-state index contributed by atoms with van der Waals surface area (Å²) in [6, 6.07) is 3.73. The Morgan fingerprint density at radius 2 is 2.47 bits per heavy atom. The fourth-order valence-electron chi connectivity index (χ4n) is 1.37. The van der Waals surface area contributed by atoms with Gasteiger partial charge in [-0.3, -0.25) is 4.79 Å². The molecule has 84 valence electrons. The van der Waals surface area contributed by atoms with Crippen molar-refractivity contribution in [2.45, 2.75) is 19.8 Å². The Kier molecular flexibility index (Phi) is 4.90. The number of amides is 1. The second-order valence-corrected chi connectivity index (χ2v) is 3.46. The molecular weight excluding hydrogens is 192 g/mol. The Morgan fingerprint density at radius 1 is 1.67 bits per heavy atom. The van der Waals surface area contributed by atoms with Crippen LogP contribution in [0.25, 0.3) is 0 Å². The van der Waals surface area contributed by atoms with E-state index in [1.54, 1.807) is 6.26 Å². The number of nitrogens with one attached hydrogen (secondary N) is 1. The van der Waals surface area contributed by atoms with Crippen LogP contribution in [-0.2, 0) is 11.2 Å². The van der Waals surface area contributed by atoms with Gasteiger partial charge in [-0.05, 0) is 18.6 Å². The molecule has 0 aliphatic carbocycles. The van der Waals surface area contributed by atoms with Gasteiger partial charge in [0.15, 0.2) is 0 Å². The maximum atomic E-state index is 11.5. The number of hydrogen-bond acceptors (Lipinski definition) is 3. The summed E-state index contributed by atoms with van der Waals surface area (Å²) in [5.74, 6) is 0.851. The minimum Gasteiger partial charge on any atom is -0.469 e. The molecule has 0 aliphatic rings. The Balaban J connectivity index is 2.22. The van der Waals surface area contributed by atoms with Gasteiger partial charge in [0.2, 0.25) is 5.91 Å². The SMILES string of the molecule is CCC(CN)C(=O)NCCc1ccco1. The summed E-state index contributed by atoms with van der Waals surface area (Å²) in [4.78, 5) is 11.5. The highest BCUT2D eigenvalue weighted by molar-refractivity contribution is 5.78. The first-order chi connectivity index (χ1) is 7.27. The average molecular weight is 210 g/mol. The van der Waals surface area contributed by atoms with E-state index in [1.165, 1.54) is 0 Å². The first kappa shape index (κ1) is 11.8. The Morgan fingerprint density at radius 3 is 3.00 bits per heavy atom. The highest BCUT2D eigenvalue weighted by Crippen LogP contribution is 2.01. The van der Waals surface area contributed by atoms with Crippen molar-refractivity contribution in [3.05, 3.63) is 24.2 Å². The minimum atomic E-state index is -0.0680. The summed E-state index contributed by atoms with van der Waals surface area (Å²) in [7, 11) is 0. The van der Waals surface area contributed by atoms with Gasteiger partial charge >= 0.3 is 0 Å². The summed E-state index contributed by atoms with van der Waals surface area (Å²) in [5, 5.41) is 2.84. The fourth-order valence-corrected chi connectivity index (χ4v) is 1.37. The van der Waals surface area contributed by atoms with Gasteiger partial charge in [0.1, 0.15) is 5.76 Å². The molecule has 0 spiro atoms. The van der Waals surface area contributed by atoms with E-state index >= 15 is 0 Å². The summed E-state index contributed by atoms with van der Waals surface area (Å²) < 4.78 is 5.15. The normalized spacial score (nSPS) is 12.4. The molecule has 1 heterocycles. The van der Waals surface area contributed by atoms with Crippen LogP contribution in [0.1, 0.15) is 19.1 Å². The standard InChI is InChI=1S/C11H18N2O2/c1-2-9(8-12)11(14)13-6-5-10-4-3-7-15-10/h3-4,7,9H,2,5-6,8,12H2,1H3,(H,13,14). The van der Waals surface area contributed by atoms with Crippen LogP contribution in [0.5, 0.6) is 0 Å². The molecule has 15 heavy (non-hydrogen) atoms. The molecule has 0 aromatic carbocycles. The number of hydrogen-bond donors (Lipinski definition) is 2. The zero-order chi connectivity index (χ0) is 11.1. The van der Waals surface area contributed by atoms with Gasteiger partial charge in [0.05, 0.1) is 6.26 Å². The molecule has 0 saturated carbocycles. The Labute approximate surface area is 89.8 Å². The third-order valence-electron chi connectivity index (χ3n) is 2.40. The maximum Gasteiger partial charge on any atom is 0.224 e. The van der Waals surface area contributed by atoms with Crippen molar-refractivity contribution in [3.8, 4) is 0 Å². The number of carbonyl (C=O) groups excluding carboxylic acids is 1. The monoisotopic (exact) mass is 210 g/mol. The zero-order valence-corrected chi connectivity index (χ0v) is 9.03. The van der Waals surface area contributed by atoms with E-state index in [4.69, 9.17) is 10.2 Å². The van der Waals surface area contributed by atoms with Gasteiger partial charge in [-0.2, -0.15) is 0 Å². The smallest absolute Gasteiger partial charge is 0.224 e.